The van der Waals surface area contributed by atoms with Gasteiger partial charge in [0.15, 0.2) is 0 Å². The number of nitrogens with one attached hydrogen (secondary N) is 2. The van der Waals surface area contributed by atoms with E-state index in [1.54, 1.807) is 32.2 Å². The second kappa shape index (κ2) is 7.67. The lowest BCUT2D eigenvalue weighted by atomic mass is 9.81. The van der Waals surface area contributed by atoms with E-state index in [1.165, 1.54) is 11.6 Å². The number of hydrogen-bond acceptors (Lipinski definition) is 4. The van der Waals surface area contributed by atoms with Gasteiger partial charge in [-0.3, -0.25) is 18.7 Å². The van der Waals surface area contributed by atoms with Gasteiger partial charge in [0.05, 0.1) is 11.5 Å². The van der Waals surface area contributed by atoms with Gasteiger partial charge in [-0.15, -0.1) is 0 Å². The first-order valence-electron chi connectivity index (χ1n) is 9.09. The molecule has 1 aromatic carbocycles. The van der Waals surface area contributed by atoms with Crippen molar-refractivity contribution in [3.05, 3.63) is 72.5 Å². The molecule has 0 aliphatic carbocycles. The molecule has 0 saturated heterocycles. The molecule has 2 heterocycles. The molecule has 28 heavy (non-hydrogen) atoms. The number of fused-ring (bicyclic) bond motifs is 1. The fraction of sp³-hybridized carbons (Fsp3) is 0.350. The predicted octanol–water partition coefficient (Wildman–Crippen LogP) is 2.09. The molecule has 7 nitrogen and oxygen atoms in total. The Labute approximate surface area is 167 Å². The maximum Gasteiger partial charge on any atom is 0.332 e. The Morgan fingerprint density at radius 3 is 2.61 bits per heavy atom. The molecular weight excluding hydrogens is 380 g/mol. The third kappa shape index (κ3) is 3.26. The number of carbonyl (C=O) groups excluding carboxylic acids is 1. The number of amides is 1. The maximum atomic E-state index is 13.1. The Morgan fingerprint density at radius 1 is 1.25 bits per heavy atom. The zero-order chi connectivity index (χ0) is 20.6. The number of aromatic nitrogens is 2. The molecular formula is C20H23ClN4O3. The van der Waals surface area contributed by atoms with Crippen molar-refractivity contribution < 1.29 is 4.79 Å². The van der Waals surface area contributed by atoms with Crippen LogP contribution in [-0.2, 0) is 18.9 Å². The molecule has 8 heteroatoms. The first-order valence-corrected chi connectivity index (χ1v) is 9.47. The average molecular weight is 403 g/mol. The fourth-order valence-electron chi connectivity index (χ4n) is 3.54. The van der Waals surface area contributed by atoms with Gasteiger partial charge in [-0.2, -0.15) is 0 Å². The number of rotatable bonds is 4. The summed E-state index contributed by atoms with van der Waals surface area (Å²) < 4.78 is 2.44. The molecule has 1 unspecified atom stereocenters. The van der Waals surface area contributed by atoms with E-state index >= 15 is 0 Å². The Hall–Kier alpha value is -2.80. The Bertz CT molecular complexity index is 1100. The first-order chi connectivity index (χ1) is 13.3. The minimum absolute atomic E-state index is 0.251. The van der Waals surface area contributed by atoms with Crippen molar-refractivity contribution in [1.29, 1.82) is 0 Å². The van der Waals surface area contributed by atoms with Crippen LogP contribution >= 0.6 is 11.6 Å². The summed E-state index contributed by atoms with van der Waals surface area (Å²) >= 11 is 6.20. The highest BCUT2D eigenvalue weighted by molar-refractivity contribution is 6.30. The predicted molar refractivity (Wildman–Crippen MR) is 110 cm³/mol. The largest absolute Gasteiger partial charge is 0.352 e. The van der Waals surface area contributed by atoms with Crippen molar-refractivity contribution in [1.82, 2.24) is 14.5 Å². The van der Waals surface area contributed by atoms with Crippen molar-refractivity contribution in [2.45, 2.75) is 26.2 Å². The van der Waals surface area contributed by atoms with Crippen molar-refractivity contribution in [2.75, 3.05) is 11.9 Å². The number of allylic oxidation sites excluding steroid dienone is 1. The van der Waals surface area contributed by atoms with Gasteiger partial charge in [0, 0.05) is 36.9 Å². The molecule has 0 bridgehead atoms. The maximum absolute atomic E-state index is 13.1. The van der Waals surface area contributed by atoms with Crippen molar-refractivity contribution >= 4 is 23.3 Å². The molecule has 1 atom stereocenters. The number of benzene rings is 1. The minimum atomic E-state index is -0.641. The fourth-order valence-corrected chi connectivity index (χ4v) is 3.74. The van der Waals surface area contributed by atoms with Crippen LogP contribution in [0.4, 0.5) is 5.82 Å². The summed E-state index contributed by atoms with van der Waals surface area (Å²) in [5, 5.41) is 6.49. The van der Waals surface area contributed by atoms with Gasteiger partial charge in [-0.05, 0) is 31.0 Å². The third-order valence-electron chi connectivity index (χ3n) is 4.95. The quantitative estimate of drug-likeness (QED) is 0.820. The summed E-state index contributed by atoms with van der Waals surface area (Å²) in [6.45, 7) is 4.26. The van der Waals surface area contributed by atoms with Gasteiger partial charge in [0.25, 0.3) is 5.56 Å². The molecule has 2 aromatic rings. The molecule has 2 N–H and O–H groups in total. The summed E-state index contributed by atoms with van der Waals surface area (Å²) in [6, 6.07) is 7.09. The van der Waals surface area contributed by atoms with E-state index in [9.17, 15) is 14.4 Å². The molecule has 0 saturated carbocycles. The molecule has 1 aliphatic heterocycles. The summed E-state index contributed by atoms with van der Waals surface area (Å²) in [7, 11) is 3.03. The van der Waals surface area contributed by atoms with Gasteiger partial charge < -0.3 is 10.6 Å². The lowest BCUT2D eigenvalue weighted by Gasteiger charge is -2.31. The highest BCUT2D eigenvalue weighted by Gasteiger charge is 2.36. The first kappa shape index (κ1) is 19.9. The zero-order valence-electron chi connectivity index (χ0n) is 16.3. The Morgan fingerprint density at radius 2 is 1.96 bits per heavy atom. The van der Waals surface area contributed by atoms with Gasteiger partial charge in [-0.1, -0.05) is 30.7 Å². The van der Waals surface area contributed by atoms with Crippen LogP contribution in [0.2, 0.25) is 5.02 Å². The molecule has 3 rings (SSSR count). The van der Waals surface area contributed by atoms with Gasteiger partial charge in [0.2, 0.25) is 5.91 Å². The van der Waals surface area contributed by atoms with Gasteiger partial charge >= 0.3 is 5.69 Å². The number of nitrogens with zero attached hydrogens (tertiary/aromatic N) is 2. The van der Waals surface area contributed by atoms with Crippen LogP contribution < -0.4 is 21.9 Å². The number of hydrogen-bond donors (Lipinski definition) is 2. The van der Waals surface area contributed by atoms with Crippen molar-refractivity contribution in [3.63, 3.8) is 0 Å². The van der Waals surface area contributed by atoms with Crippen LogP contribution in [0.5, 0.6) is 0 Å². The second-order valence-corrected chi connectivity index (χ2v) is 7.31. The van der Waals surface area contributed by atoms with E-state index in [-0.39, 0.29) is 5.91 Å². The molecule has 1 aliphatic rings. The molecule has 1 amide bonds. The smallest absolute Gasteiger partial charge is 0.332 e. The van der Waals surface area contributed by atoms with E-state index in [2.05, 4.69) is 10.6 Å². The summed E-state index contributed by atoms with van der Waals surface area (Å²) in [5.74, 6) is -0.502. The number of anilines is 1. The molecule has 0 fully saturated rings. The van der Waals surface area contributed by atoms with Crippen LogP contribution in [0, 0.1) is 0 Å². The topological polar surface area (TPSA) is 85.1 Å². The van der Waals surface area contributed by atoms with Gasteiger partial charge in [-0.25, -0.2) is 4.79 Å². The standard InChI is InChI=1S/C20H23ClN4O3/c1-5-9-22-18(26)14-11(2)23-17-16(19(27)25(4)20(28)24(17)3)15(14)12-7-6-8-13(21)10-12/h6-8,10,15,23H,5,9H2,1-4H3,(H,22,26). The normalized spacial score (nSPS) is 15.8. The number of halogens is 1. The zero-order valence-corrected chi connectivity index (χ0v) is 17.1. The lowest BCUT2D eigenvalue weighted by Crippen LogP contribution is -2.44. The SMILES string of the molecule is CCCNC(=O)C1=C(C)Nc2c(c(=O)n(C)c(=O)n2C)C1c1cccc(Cl)c1. The van der Waals surface area contributed by atoms with Crippen LogP contribution in [0.3, 0.4) is 0 Å². The average Bonchev–Trinajstić information content (AvgIpc) is 2.67. The van der Waals surface area contributed by atoms with Crippen LogP contribution in [-0.4, -0.2) is 21.6 Å². The molecule has 0 spiro atoms. The van der Waals surface area contributed by atoms with E-state index in [0.29, 0.717) is 39.8 Å². The highest BCUT2D eigenvalue weighted by Crippen LogP contribution is 2.39. The second-order valence-electron chi connectivity index (χ2n) is 6.88. The summed E-state index contributed by atoms with van der Waals surface area (Å²) in [5.41, 5.74) is 1.22. The Kier molecular flexibility index (Phi) is 5.47. The van der Waals surface area contributed by atoms with E-state index in [1.807, 2.05) is 13.0 Å². The summed E-state index contributed by atoms with van der Waals surface area (Å²) in [4.78, 5) is 38.4. The number of carbonyl (C=O) groups is 1. The van der Waals surface area contributed by atoms with Crippen molar-refractivity contribution in [2.24, 2.45) is 14.1 Å². The van der Waals surface area contributed by atoms with E-state index in [0.717, 1.165) is 11.0 Å². The van der Waals surface area contributed by atoms with E-state index < -0.39 is 17.2 Å². The summed E-state index contributed by atoms with van der Waals surface area (Å²) in [6.07, 6.45) is 0.792. The minimum Gasteiger partial charge on any atom is -0.352 e. The van der Waals surface area contributed by atoms with Crippen LogP contribution in [0.15, 0.2) is 45.1 Å². The monoisotopic (exact) mass is 402 g/mol. The molecule has 0 radical (unpaired) electrons. The third-order valence-corrected chi connectivity index (χ3v) is 5.18. The molecule has 148 valence electrons. The van der Waals surface area contributed by atoms with E-state index in [4.69, 9.17) is 11.6 Å². The highest BCUT2D eigenvalue weighted by atomic mass is 35.5. The lowest BCUT2D eigenvalue weighted by molar-refractivity contribution is -0.117. The van der Waals surface area contributed by atoms with Crippen LogP contribution in [0.25, 0.3) is 0 Å². The molecule has 1 aromatic heterocycles. The van der Waals surface area contributed by atoms with Crippen molar-refractivity contribution in [3.8, 4) is 0 Å². The van der Waals surface area contributed by atoms with Crippen LogP contribution in [0.1, 0.15) is 37.3 Å². The van der Waals surface area contributed by atoms with Gasteiger partial charge in [0.1, 0.15) is 5.82 Å². The Balaban J connectivity index is 2.34.